The van der Waals surface area contributed by atoms with Gasteiger partial charge in [0.15, 0.2) is 5.96 Å². The molecule has 0 aliphatic heterocycles. The van der Waals surface area contributed by atoms with Gasteiger partial charge in [0.25, 0.3) is 0 Å². The van der Waals surface area contributed by atoms with Gasteiger partial charge in [-0.2, -0.15) is 13.2 Å². The molecule has 5 nitrogen and oxygen atoms in total. The van der Waals surface area contributed by atoms with Gasteiger partial charge in [-0.25, -0.2) is 4.99 Å². The van der Waals surface area contributed by atoms with E-state index in [2.05, 4.69) is 20.5 Å². The van der Waals surface area contributed by atoms with Crippen LogP contribution >= 0.6 is 11.3 Å². The number of nitrogens with two attached hydrogens (primary N) is 1. The van der Waals surface area contributed by atoms with Gasteiger partial charge in [-0.1, -0.05) is 59.9 Å². The predicted octanol–water partition coefficient (Wildman–Crippen LogP) is 4.15. The first-order valence-electron chi connectivity index (χ1n) is 7.54. The Morgan fingerprint density at radius 3 is 2.46 bits per heavy atom. The van der Waals surface area contributed by atoms with Crippen LogP contribution in [0.15, 0.2) is 59.6 Å². The van der Waals surface area contributed by atoms with E-state index >= 15 is 0 Å². The van der Waals surface area contributed by atoms with Crippen LogP contribution in [0.2, 0.25) is 0 Å². The lowest BCUT2D eigenvalue weighted by molar-refractivity contribution is -0.137. The fourth-order valence-electron chi connectivity index (χ4n) is 2.21. The number of benzene rings is 2. The first-order chi connectivity index (χ1) is 12.4. The Labute approximate surface area is 151 Å². The van der Waals surface area contributed by atoms with Crippen molar-refractivity contribution in [1.29, 1.82) is 0 Å². The Bertz CT molecular complexity index is 906. The first kappa shape index (κ1) is 17.9. The molecule has 0 saturated heterocycles. The summed E-state index contributed by atoms with van der Waals surface area (Å²) < 4.78 is 39.3. The van der Waals surface area contributed by atoms with Crippen molar-refractivity contribution in [2.24, 2.45) is 10.7 Å². The Kier molecular flexibility index (Phi) is 5.17. The monoisotopic (exact) mass is 377 g/mol. The lowest BCUT2D eigenvalue weighted by Crippen LogP contribution is -2.22. The summed E-state index contributed by atoms with van der Waals surface area (Å²) in [6.07, 6.45) is -4.47. The van der Waals surface area contributed by atoms with Crippen LogP contribution in [0.25, 0.3) is 10.6 Å². The summed E-state index contributed by atoms with van der Waals surface area (Å²) in [6.45, 7) is 0.377. The summed E-state index contributed by atoms with van der Waals surface area (Å²) in [6, 6.07) is 14.7. The van der Waals surface area contributed by atoms with Crippen molar-refractivity contribution in [1.82, 2.24) is 10.2 Å². The van der Waals surface area contributed by atoms with Crippen LogP contribution < -0.4 is 11.1 Å². The van der Waals surface area contributed by atoms with Crippen LogP contribution in [0, 0.1) is 0 Å². The second-order valence-corrected chi connectivity index (χ2v) is 6.25. The second kappa shape index (κ2) is 7.52. The van der Waals surface area contributed by atoms with E-state index in [4.69, 9.17) is 5.73 Å². The molecule has 0 fully saturated rings. The third-order valence-electron chi connectivity index (χ3n) is 3.40. The Hall–Kier alpha value is -2.94. The van der Waals surface area contributed by atoms with Gasteiger partial charge in [-0.05, 0) is 11.6 Å². The average Bonchev–Trinajstić information content (AvgIpc) is 3.08. The molecule has 2 aromatic carbocycles. The largest absolute Gasteiger partial charge is 0.417 e. The molecule has 3 N–H and O–H groups in total. The number of alkyl halides is 3. The molecule has 0 radical (unpaired) electrons. The maximum Gasteiger partial charge on any atom is 0.417 e. The second-order valence-electron chi connectivity index (χ2n) is 5.27. The molecular formula is C17H14F3N5S. The molecule has 1 heterocycles. The number of aromatic nitrogens is 2. The summed E-state index contributed by atoms with van der Waals surface area (Å²) >= 11 is 0.972. The number of guanidine groups is 1. The number of hydrogen-bond acceptors (Lipinski definition) is 4. The van der Waals surface area contributed by atoms with Gasteiger partial charge in [-0.3, -0.25) is 0 Å². The van der Waals surface area contributed by atoms with Gasteiger partial charge in [0, 0.05) is 5.56 Å². The Balaban J connectivity index is 1.75. The minimum Gasteiger partial charge on any atom is -0.370 e. The fourth-order valence-corrected chi connectivity index (χ4v) is 3.00. The molecule has 3 rings (SSSR count). The van der Waals surface area contributed by atoms with E-state index in [0.29, 0.717) is 6.54 Å². The highest BCUT2D eigenvalue weighted by molar-refractivity contribution is 7.18. The van der Waals surface area contributed by atoms with Crippen LogP contribution in [-0.4, -0.2) is 16.2 Å². The highest BCUT2D eigenvalue weighted by Gasteiger charge is 2.34. The summed E-state index contributed by atoms with van der Waals surface area (Å²) in [7, 11) is 0. The fraction of sp³-hybridized carbons (Fsp3) is 0.118. The zero-order valence-electron chi connectivity index (χ0n) is 13.4. The zero-order valence-corrected chi connectivity index (χ0v) is 14.2. The molecular weight excluding hydrogens is 363 g/mol. The van der Waals surface area contributed by atoms with E-state index in [-0.39, 0.29) is 21.7 Å². The SMILES string of the molecule is NC(=NCc1ccccc1)Nc1nnc(-c2ccccc2C(F)(F)F)s1. The lowest BCUT2D eigenvalue weighted by atomic mass is 10.1. The van der Waals surface area contributed by atoms with Crippen LogP contribution in [0.4, 0.5) is 18.3 Å². The normalized spacial score (nSPS) is 12.2. The predicted molar refractivity (Wildman–Crippen MR) is 95.7 cm³/mol. The van der Waals surface area contributed by atoms with Gasteiger partial charge in [0.05, 0.1) is 12.1 Å². The van der Waals surface area contributed by atoms with Crippen molar-refractivity contribution in [3.05, 3.63) is 65.7 Å². The molecule has 0 aliphatic rings. The number of nitrogens with one attached hydrogen (secondary N) is 1. The molecule has 134 valence electrons. The van der Waals surface area contributed by atoms with Gasteiger partial charge in [-0.15, -0.1) is 10.2 Å². The van der Waals surface area contributed by atoms with E-state index < -0.39 is 11.7 Å². The van der Waals surface area contributed by atoms with Gasteiger partial charge in [0.1, 0.15) is 5.01 Å². The highest BCUT2D eigenvalue weighted by atomic mass is 32.1. The van der Waals surface area contributed by atoms with Gasteiger partial charge in [0.2, 0.25) is 5.13 Å². The smallest absolute Gasteiger partial charge is 0.370 e. The van der Waals surface area contributed by atoms with Gasteiger partial charge >= 0.3 is 6.18 Å². The van der Waals surface area contributed by atoms with Crippen LogP contribution in [0.3, 0.4) is 0 Å². The molecule has 0 aliphatic carbocycles. The van der Waals surface area contributed by atoms with E-state index in [1.165, 1.54) is 18.2 Å². The molecule has 0 amide bonds. The molecule has 0 spiro atoms. The average molecular weight is 377 g/mol. The van der Waals surface area contributed by atoms with E-state index in [0.717, 1.165) is 23.0 Å². The minimum atomic E-state index is -4.47. The van der Waals surface area contributed by atoms with Gasteiger partial charge < -0.3 is 11.1 Å². The van der Waals surface area contributed by atoms with Crippen LogP contribution in [0.5, 0.6) is 0 Å². The van der Waals surface area contributed by atoms with Crippen LogP contribution in [0.1, 0.15) is 11.1 Å². The molecule has 26 heavy (non-hydrogen) atoms. The topological polar surface area (TPSA) is 76.2 Å². The van der Waals surface area contributed by atoms with Crippen molar-refractivity contribution in [2.75, 3.05) is 5.32 Å². The summed E-state index contributed by atoms with van der Waals surface area (Å²) in [5.74, 6) is 0.112. The number of anilines is 1. The molecule has 0 atom stereocenters. The van der Waals surface area contributed by atoms with E-state index in [1.54, 1.807) is 0 Å². The van der Waals surface area contributed by atoms with Crippen LogP contribution in [-0.2, 0) is 12.7 Å². The summed E-state index contributed by atoms with van der Waals surface area (Å²) in [4.78, 5) is 4.17. The zero-order chi connectivity index (χ0) is 18.6. The van der Waals surface area contributed by atoms with E-state index in [1.807, 2.05) is 30.3 Å². The van der Waals surface area contributed by atoms with Crippen molar-refractivity contribution in [2.45, 2.75) is 12.7 Å². The molecule has 0 saturated carbocycles. The molecule has 9 heteroatoms. The number of hydrogen-bond donors (Lipinski definition) is 2. The van der Waals surface area contributed by atoms with Crippen molar-refractivity contribution in [3.63, 3.8) is 0 Å². The molecule has 3 aromatic rings. The minimum absolute atomic E-state index is 0.0228. The number of rotatable bonds is 4. The maximum absolute atomic E-state index is 13.1. The molecule has 0 unspecified atom stereocenters. The Morgan fingerprint density at radius 1 is 1.04 bits per heavy atom. The highest BCUT2D eigenvalue weighted by Crippen LogP contribution is 2.38. The maximum atomic E-state index is 13.1. The summed E-state index contributed by atoms with van der Waals surface area (Å²) in [5, 5.41) is 10.8. The molecule has 1 aromatic heterocycles. The number of aliphatic imine (C=N–C) groups is 1. The number of nitrogens with zero attached hydrogens (tertiary/aromatic N) is 3. The number of halogens is 3. The lowest BCUT2D eigenvalue weighted by Gasteiger charge is -2.09. The first-order valence-corrected chi connectivity index (χ1v) is 8.36. The standard InChI is InChI=1S/C17H14F3N5S/c18-17(19,20)13-9-5-4-8-12(13)14-24-25-16(26-14)23-15(21)22-10-11-6-2-1-3-7-11/h1-9H,10H2,(H3,21,22,23,25). The quantitative estimate of drug-likeness (QED) is 0.529. The third-order valence-corrected chi connectivity index (χ3v) is 4.27. The van der Waals surface area contributed by atoms with Crippen molar-refractivity contribution in [3.8, 4) is 10.6 Å². The summed E-state index contributed by atoms with van der Waals surface area (Å²) in [5.41, 5.74) is 6.00. The van der Waals surface area contributed by atoms with Crippen molar-refractivity contribution >= 4 is 22.4 Å². The Morgan fingerprint density at radius 2 is 1.73 bits per heavy atom. The molecule has 0 bridgehead atoms. The third kappa shape index (κ3) is 4.37. The van der Waals surface area contributed by atoms with Crippen molar-refractivity contribution < 1.29 is 13.2 Å². The van der Waals surface area contributed by atoms with E-state index in [9.17, 15) is 13.2 Å².